The van der Waals surface area contributed by atoms with Crippen molar-refractivity contribution in [1.29, 1.82) is 0 Å². The van der Waals surface area contributed by atoms with Crippen molar-refractivity contribution in [3.8, 4) is 0 Å². The third-order valence-corrected chi connectivity index (χ3v) is 3.98. The maximum atomic E-state index is 12.1. The standard InChI is InChI=1S/C18H32O12/c19-11-15(20)12-27-17(21)16-13-29-18(30-16)14-26-8-7-24-4-3-22-1-2-23-5-6-25-9-10-28-18/h15-16,19-20H,1-14H2. The number of aliphatic hydroxyl groups excluding tert-OH is 2. The molecular formula is C18H32O12. The molecule has 0 bridgehead atoms. The van der Waals surface area contributed by atoms with Crippen LogP contribution in [0.25, 0.3) is 0 Å². The van der Waals surface area contributed by atoms with Crippen molar-refractivity contribution < 1.29 is 57.6 Å². The average Bonchev–Trinajstić information content (AvgIpc) is 3.18. The maximum Gasteiger partial charge on any atom is 0.338 e. The van der Waals surface area contributed by atoms with Crippen LogP contribution in [-0.2, 0) is 47.4 Å². The average molecular weight is 440 g/mol. The lowest BCUT2D eigenvalue weighted by molar-refractivity contribution is -0.355. The number of carbonyl (C=O) groups is 1. The fourth-order valence-electron chi connectivity index (χ4n) is 2.45. The number of ether oxygens (including phenoxy) is 9. The molecule has 2 fully saturated rings. The van der Waals surface area contributed by atoms with Crippen molar-refractivity contribution in [3.63, 3.8) is 0 Å². The van der Waals surface area contributed by atoms with E-state index in [0.717, 1.165) is 0 Å². The number of hydrogen-bond donors (Lipinski definition) is 2. The highest BCUT2D eigenvalue weighted by atomic mass is 16.9. The Morgan fingerprint density at radius 1 is 0.867 bits per heavy atom. The van der Waals surface area contributed by atoms with Crippen LogP contribution in [0.5, 0.6) is 0 Å². The largest absolute Gasteiger partial charge is 0.461 e. The summed E-state index contributed by atoms with van der Waals surface area (Å²) in [7, 11) is 0. The predicted octanol–water partition coefficient (Wildman–Crippen LogP) is -1.93. The quantitative estimate of drug-likeness (QED) is 0.470. The Balaban J connectivity index is 1.82. The molecule has 2 rings (SSSR count). The number of carbonyl (C=O) groups excluding carboxylic acids is 1. The Labute approximate surface area is 175 Å². The Morgan fingerprint density at radius 2 is 1.40 bits per heavy atom. The lowest BCUT2D eigenvalue weighted by Crippen LogP contribution is -2.42. The first kappa shape index (κ1) is 25.3. The van der Waals surface area contributed by atoms with Crippen molar-refractivity contribution in [2.45, 2.75) is 18.2 Å². The first-order chi connectivity index (χ1) is 14.7. The van der Waals surface area contributed by atoms with Gasteiger partial charge >= 0.3 is 11.9 Å². The van der Waals surface area contributed by atoms with E-state index >= 15 is 0 Å². The molecule has 2 heterocycles. The van der Waals surface area contributed by atoms with Gasteiger partial charge in [0, 0.05) is 0 Å². The van der Waals surface area contributed by atoms with E-state index < -0.39 is 30.8 Å². The molecule has 0 amide bonds. The molecule has 0 aromatic heterocycles. The van der Waals surface area contributed by atoms with E-state index in [2.05, 4.69) is 0 Å². The molecule has 0 radical (unpaired) electrons. The molecule has 2 N–H and O–H groups in total. The highest BCUT2D eigenvalue weighted by Gasteiger charge is 2.47. The summed E-state index contributed by atoms with van der Waals surface area (Å²) < 4.78 is 48.9. The second kappa shape index (κ2) is 15.0. The van der Waals surface area contributed by atoms with Gasteiger partial charge in [0.25, 0.3) is 0 Å². The maximum absolute atomic E-state index is 12.1. The molecule has 2 aliphatic heterocycles. The summed E-state index contributed by atoms with van der Waals surface area (Å²) in [4.78, 5) is 12.1. The third-order valence-electron chi connectivity index (χ3n) is 3.98. The topological polar surface area (TPSA) is 141 Å². The highest BCUT2D eigenvalue weighted by molar-refractivity contribution is 5.75. The normalized spacial score (nSPS) is 29.7. The molecule has 176 valence electrons. The van der Waals surface area contributed by atoms with Crippen molar-refractivity contribution in [2.24, 2.45) is 0 Å². The number of aliphatic hydroxyl groups is 2. The van der Waals surface area contributed by atoms with Crippen LogP contribution < -0.4 is 0 Å². The zero-order valence-corrected chi connectivity index (χ0v) is 17.0. The van der Waals surface area contributed by atoms with E-state index in [4.69, 9.17) is 47.7 Å². The first-order valence-electron chi connectivity index (χ1n) is 9.95. The Morgan fingerprint density at radius 3 is 1.97 bits per heavy atom. The van der Waals surface area contributed by atoms with Gasteiger partial charge in [0.15, 0.2) is 6.10 Å². The summed E-state index contributed by atoms with van der Waals surface area (Å²) in [5.41, 5.74) is 0. The Kier molecular flexibility index (Phi) is 12.6. The zero-order valence-electron chi connectivity index (χ0n) is 17.0. The third kappa shape index (κ3) is 9.92. The van der Waals surface area contributed by atoms with Gasteiger partial charge in [-0.25, -0.2) is 4.79 Å². The van der Waals surface area contributed by atoms with E-state index in [9.17, 15) is 9.90 Å². The minimum absolute atomic E-state index is 0.0982. The van der Waals surface area contributed by atoms with E-state index in [0.29, 0.717) is 46.2 Å². The summed E-state index contributed by atoms with van der Waals surface area (Å²) >= 11 is 0. The van der Waals surface area contributed by atoms with E-state index in [1.807, 2.05) is 0 Å². The van der Waals surface area contributed by atoms with Crippen LogP contribution in [0.2, 0.25) is 0 Å². The molecule has 12 nitrogen and oxygen atoms in total. The molecule has 2 aliphatic rings. The number of rotatable bonds is 4. The van der Waals surface area contributed by atoms with Crippen LogP contribution in [0, 0.1) is 0 Å². The number of esters is 1. The van der Waals surface area contributed by atoms with E-state index in [1.165, 1.54) is 0 Å². The van der Waals surface area contributed by atoms with E-state index in [-0.39, 0.29) is 39.6 Å². The van der Waals surface area contributed by atoms with Gasteiger partial charge in [-0.3, -0.25) is 0 Å². The first-order valence-corrected chi connectivity index (χ1v) is 9.95. The monoisotopic (exact) mass is 440 g/mol. The predicted molar refractivity (Wildman–Crippen MR) is 97.7 cm³/mol. The van der Waals surface area contributed by atoms with Gasteiger partial charge in [-0.2, -0.15) is 0 Å². The summed E-state index contributed by atoms with van der Waals surface area (Å²) in [5.74, 6) is -2.33. The summed E-state index contributed by atoms with van der Waals surface area (Å²) in [6.07, 6.45) is -2.22. The lowest BCUT2D eigenvalue weighted by atomic mass is 10.4. The van der Waals surface area contributed by atoms with Crippen molar-refractivity contribution in [3.05, 3.63) is 0 Å². The van der Waals surface area contributed by atoms with E-state index in [1.54, 1.807) is 0 Å². The van der Waals surface area contributed by atoms with Crippen LogP contribution >= 0.6 is 0 Å². The molecule has 0 saturated carbocycles. The molecule has 3 unspecified atom stereocenters. The van der Waals surface area contributed by atoms with Crippen LogP contribution in [0.15, 0.2) is 0 Å². The van der Waals surface area contributed by atoms with Crippen LogP contribution in [-0.4, -0.2) is 127 Å². The van der Waals surface area contributed by atoms with Gasteiger partial charge in [-0.05, 0) is 0 Å². The van der Waals surface area contributed by atoms with Crippen LogP contribution in [0.3, 0.4) is 0 Å². The fourth-order valence-corrected chi connectivity index (χ4v) is 2.45. The highest BCUT2D eigenvalue weighted by Crippen LogP contribution is 2.26. The molecule has 0 aliphatic carbocycles. The van der Waals surface area contributed by atoms with Crippen molar-refractivity contribution in [2.75, 3.05) is 92.5 Å². The minimum Gasteiger partial charge on any atom is -0.461 e. The Bertz CT molecular complexity index is 444. The van der Waals surface area contributed by atoms with Gasteiger partial charge < -0.3 is 52.8 Å². The second-order valence-electron chi connectivity index (χ2n) is 6.42. The van der Waals surface area contributed by atoms with Crippen molar-refractivity contribution in [1.82, 2.24) is 0 Å². The van der Waals surface area contributed by atoms with Crippen LogP contribution in [0.4, 0.5) is 0 Å². The molecular weight excluding hydrogens is 408 g/mol. The van der Waals surface area contributed by atoms with Gasteiger partial charge in [0.1, 0.15) is 19.3 Å². The summed E-state index contributed by atoms with van der Waals surface area (Å²) in [6.45, 7) is 2.56. The molecule has 0 aromatic rings. The smallest absolute Gasteiger partial charge is 0.338 e. The minimum atomic E-state index is -1.59. The zero-order chi connectivity index (χ0) is 21.5. The molecule has 30 heavy (non-hydrogen) atoms. The van der Waals surface area contributed by atoms with Gasteiger partial charge in [-0.1, -0.05) is 0 Å². The second-order valence-corrected chi connectivity index (χ2v) is 6.42. The molecule has 12 heteroatoms. The molecule has 2 saturated heterocycles. The summed E-state index contributed by atoms with van der Waals surface area (Å²) in [5, 5.41) is 18.1. The Hall–Kier alpha value is -0.930. The molecule has 1 spiro atoms. The number of hydrogen-bond acceptors (Lipinski definition) is 12. The fraction of sp³-hybridized carbons (Fsp3) is 0.944. The molecule has 0 aromatic carbocycles. The van der Waals surface area contributed by atoms with Gasteiger partial charge in [0.2, 0.25) is 0 Å². The lowest BCUT2D eigenvalue weighted by Gasteiger charge is -2.27. The summed E-state index contributed by atoms with van der Waals surface area (Å²) in [6, 6.07) is 0. The molecule has 3 atom stereocenters. The van der Waals surface area contributed by atoms with Gasteiger partial charge in [-0.15, -0.1) is 0 Å². The van der Waals surface area contributed by atoms with Crippen molar-refractivity contribution >= 4 is 5.97 Å². The van der Waals surface area contributed by atoms with Gasteiger partial charge in [0.05, 0.1) is 79.3 Å². The SMILES string of the molecule is O=C(OCC(O)CO)C1COC2(COCCOCCOCCOCCOCCO2)O1. The van der Waals surface area contributed by atoms with Crippen LogP contribution in [0.1, 0.15) is 0 Å².